The molecule has 19 heavy (non-hydrogen) atoms. The van der Waals surface area contributed by atoms with Crippen LogP contribution < -0.4 is 5.32 Å². The number of benzene rings is 1. The second kappa shape index (κ2) is 6.26. The molecule has 0 fully saturated rings. The van der Waals surface area contributed by atoms with Crippen LogP contribution in [0.5, 0.6) is 0 Å². The maximum absolute atomic E-state index is 10.8. The van der Waals surface area contributed by atoms with E-state index in [1.807, 2.05) is 20.8 Å². The summed E-state index contributed by atoms with van der Waals surface area (Å²) >= 11 is 6.03. The van der Waals surface area contributed by atoms with Gasteiger partial charge in [-0.1, -0.05) is 50.6 Å². The fourth-order valence-corrected chi connectivity index (χ4v) is 2.14. The van der Waals surface area contributed by atoms with Crippen LogP contribution in [0, 0.1) is 5.41 Å². The zero-order chi connectivity index (χ0) is 14.6. The predicted octanol–water partition coefficient (Wildman–Crippen LogP) is 3.45. The maximum atomic E-state index is 10.8. The summed E-state index contributed by atoms with van der Waals surface area (Å²) in [5.74, 6) is 0. The number of aliphatic hydroxyl groups is 1. The Morgan fingerprint density at radius 2 is 1.95 bits per heavy atom. The SMILES string of the molecule is CC(C)(C)C(CC(O)c1ccccc1Cl)NC(=O)O. The molecule has 0 heterocycles. The molecule has 0 aromatic heterocycles. The van der Waals surface area contributed by atoms with Crippen molar-refractivity contribution in [2.75, 3.05) is 0 Å². The molecular formula is C14H20ClNO3. The molecule has 3 N–H and O–H groups in total. The third-order valence-corrected chi connectivity index (χ3v) is 3.41. The molecule has 106 valence electrons. The first-order chi connectivity index (χ1) is 8.71. The van der Waals surface area contributed by atoms with E-state index in [9.17, 15) is 9.90 Å². The van der Waals surface area contributed by atoms with Gasteiger partial charge in [0.25, 0.3) is 0 Å². The summed E-state index contributed by atoms with van der Waals surface area (Å²) in [6, 6.07) is 6.66. The summed E-state index contributed by atoms with van der Waals surface area (Å²) in [4.78, 5) is 10.8. The van der Waals surface area contributed by atoms with E-state index in [1.165, 1.54) is 0 Å². The molecule has 2 unspecified atom stereocenters. The first kappa shape index (κ1) is 15.8. The smallest absolute Gasteiger partial charge is 0.404 e. The average Bonchev–Trinajstić information content (AvgIpc) is 2.26. The lowest BCUT2D eigenvalue weighted by Gasteiger charge is -2.32. The summed E-state index contributed by atoms with van der Waals surface area (Å²) in [5, 5.41) is 22.0. The molecule has 2 atom stereocenters. The topological polar surface area (TPSA) is 69.6 Å². The summed E-state index contributed by atoms with van der Waals surface area (Å²) in [6.45, 7) is 5.77. The Labute approximate surface area is 118 Å². The van der Waals surface area contributed by atoms with Gasteiger partial charge in [0.05, 0.1) is 6.10 Å². The van der Waals surface area contributed by atoms with Crippen LogP contribution in [-0.2, 0) is 0 Å². The third kappa shape index (κ3) is 4.73. The van der Waals surface area contributed by atoms with Crippen LogP contribution in [-0.4, -0.2) is 22.3 Å². The van der Waals surface area contributed by atoms with Crippen LogP contribution in [0.1, 0.15) is 38.9 Å². The predicted molar refractivity (Wildman–Crippen MR) is 75.4 cm³/mol. The van der Waals surface area contributed by atoms with Gasteiger partial charge in [0.1, 0.15) is 0 Å². The van der Waals surface area contributed by atoms with Crippen LogP contribution in [0.25, 0.3) is 0 Å². The van der Waals surface area contributed by atoms with Crippen molar-refractivity contribution < 1.29 is 15.0 Å². The molecule has 0 bridgehead atoms. The van der Waals surface area contributed by atoms with Gasteiger partial charge in [-0.25, -0.2) is 4.79 Å². The number of hydrogen-bond acceptors (Lipinski definition) is 2. The molecule has 1 amide bonds. The van der Waals surface area contributed by atoms with E-state index in [2.05, 4.69) is 5.32 Å². The minimum Gasteiger partial charge on any atom is -0.465 e. The van der Waals surface area contributed by atoms with Gasteiger partial charge in [0, 0.05) is 11.1 Å². The molecule has 5 heteroatoms. The molecular weight excluding hydrogens is 266 g/mol. The van der Waals surface area contributed by atoms with Crippen molar-refractivity contribution >= 4 is 17.7 Å². The number of aliphatic hydroxyl groups excluding tert-OH is 1. The highest BCUT2D eigenvalue weighted by Crippen LogP contribution is 2.31. The molecule has 0 aliphatic heterocycles. The molecule has 0 aliphatic carbocycles. The Bertz CT molecular complexity index is 443. The van der Waals surface area contributed by atoms with Crippen molar-refractivity contribution in [3.63, 3.8) is 0 Å². The lowest BCUT2D eigenvalue weighted by Crippen LogP contribution is -2.44. The van der Waals surface area contributed by atoms with Gasteiger partial charge in [-0.3, -0.25) is 0 Å². The second-order valence-electron chi connectivity index (χ2n) is 5.64. The Hall–Kier alpha value is -1.26. The van der Waals surface area contributed by atoms with Crippen molar-refractivity contribution in [1.82, 2.24) is 5.32 Å². The van der Waals surface area contributed by atoms with E-state index in [4.69, 9.17) is 16.7 Å². The molecule has 0 saturated carbocycles. The van der Waals surface area contributed by atoms with Crippen molar-refractivity contribution in [1.29, 1.82) is 0 Å². The highest BCUT2D eigenvalue weighted by atomic mass is 35.5. The number of carboxylic acid groups (broad SMARTS) is 1. The number of nitrogens with one attached hydrogen (secondary N) is 1. The minimum absolute atomic E-state index is 0.277. The van der Waals surface area contributed by atoms with Gasteiger partial charge in [-0.05, 0) is 23.5 Å². The minimum atomic E-state index is -1.09. The van der Waals surface area contributed by atoms with Crippen molar-refractivity contribution in [3.8, 4) is 0 Å². The lowest BCUT2D eigenvalue weighted by molar-refractivity contribution is 0.115. The van der Waals surface area contributed by atoms with Crippen molar-refractivity contribution in [2.45, 2.75) is 39.3 Å². The summed E-state index contributed by atoms with van der Waals surface area (Å²) in [7, 11) is 0. The standard InChI is InChI=1S/C14H20ClNO3/c1-14(2,3)12(16-13(18)19)8-11(17)9-6-4-5-7-10(9)15/h4-7,11-12,16-17H,8H2,1-3H3,(H,18,19). The summed E-state index contributed by atoms with van der Waals surface area (Å²) < 4.78 is 0. The zero-order valence-electron chi connectivity index (χ0n) is 11.4. The van der Waals surface area contributed by atoms with E-state index in [1.54, 1.807) is 24.3 Å². The first-order valence-electron chi connectivity index (χ1n) is 6.13. The molecule has 0 spiro atoms. The molecule has 1 rings (SSSR count). The fraction of sp³-hybridized carbons (Fsp3) is 0.500. The van der Waals surface area contributed by atoms with E-state index < -0.39 is 12.2 Å². The molecule has 1 aromatic carbocycles. The Morgan fingerprint density at radius 3 is 2.42 bits per heavy atom. The van der Waals surface area contributed by atoms with Crippen LogP contribution >= 0.6 is 11.6 Å². The van der Waals surface area contributed by atoms with Gasteiger partial charge >= 0.3 is 6.09 Å². The largest absolute Gasteiger partial charge is 0.465 e. The Kier molecular flexibility index (Phi) is 5.20. The van der Waals surface area contributed by atoms with E-state index in [0.717, 1.165) is 0 Å². The monoisotopic (exact) mass is 285 g/mol. The van der Waals surface area contributed by atoms with Gasteiger partial charge in [-0.15, -0.1) is 0 Å². The number of amides is 1. The summed E-state index contributed by atoms with van der Waals surface area (Å²) in [6.07, 6.45) is -1.62. The van der Waals surface area contributed by atoms with Crippen LogP contribution in [0.15, 0.2) is 24.3 Å². The Balaban J connectivity index is 2.85. The van der Waals surface area contributed by atoms with E-state index >= 15 is 0 Å². The number of hydrogen-bond donors (Lipinski definition) is 3. The van der Waals surface area contributed by atoms with Gasteiger partial charge < -0.3 is 15.5 Å². The maximum Gasteiger partial charge on any atom is 0.404 e. The van der Waals surface area contributed by atoms with Crippen LogP contribution in [0.2, 0.25) is 5.02 Å². The van der Waals surface area contributed by atoms with Crippen molar-refractivity contribution in [3.05, 3.63) is 34.9 Å². The highest BCUT2D eigenvalue weighted by Gasteiger charge is 2.29. The van der Waals surface area contributed by atoms with Gasteiger partial charge in [-0.2, -0.15) is 0 Å². The molecule has 0 radical (unpaired) electrons. The third-order valence-electron chi connectivity index (χ3n) is 3.07. The second-order valence-corrected chi connectivity index (χ2v) is 6.05. The Morgan fingerprint density at radius 1 is 1.37 bits per heavy atom. The van der Waals surface area contributed by atoms with E-state index in [-0.39, 0.29) is 17.9 Å². The van der Waals surface area contributed by atoms with Crippen LogP contribution in [0.4, 0.5) is 4.79 Å². The van der Waals surface area contributed by atoms with E-state index in [0.29, 0.717) is 10.6 Å². The average molecular weight is 286 g/mol. The normalized spacial score (nSPS) is 14.8. The molecule has 0 aliphatic rings. The van der Waals surface area contributed by atoms with Gasteiger partial charge in [0.2, 0.25) is 0 Å². The van der Waals surface area contributed by atoms with Gasteiger partial charge in [0.15, 0.2) is 0 Å². The lowest BCUT2D eigenvalue weighted by atomic mass is 9.82. The highest BCUT2D eigenvalue weighted by molar-refractivity contribution is 6.31. The number of carbonyl (C=O) groups is 1. The molecule has 1 aromatic rings. The fourth-order valence-electron chi connectivity index (χ4n) is 1.87. The molecule has 0 saturated heterocycles. The number of rotatable bonds is 4. The zero-order valence-corrected chi connectivity index (χ0v) is 12.1. The summed E-state index contributed by atoms with van der Waals surface area (Å²) in [5.41, 5.74) is 0.325. The quantitative estimate of drug-likeness (QED) is 0.793. The molecule has 4 nitrogen and oxygen atoms in total. The van der Waals surface area contributed by atoms with Crippen LogP contribution in [0.3, 0.4) is 0 Å². The first-order valence-corrected chi connectivity index (χ1v) is 6.51. The van der Waals surface area contributed by atoms with Crippen molar-refractivity contribution in [2.24, 2.45) is 5.41 Å². The number of halogens is 1.